The van der Waals surface area contributed by atoms with E-state index in [4.69, 9.17) is 5.73 Å². The first kappa shape index (κ1) is 17.2. The molecule has 0 aliphatic carbocycles. The van der Waals surface area contributed by atoms with Crippen LogP contribution in [0.4, 0.5) is 5.82 Å². The summed E-state index contributed by atoms with van der Waals surface area (Å²) in [7, 11) is -3.92. The lowest BCUT2D eigenvalue weighted by molar-refractivity contribution is 0.592. The zero-order valence-corrected chi connectivity index (χ0v) is 15.4. The van der Waals surface area contributed by atoms with E-state index < -0.39 is 10.2 Å². The molecule has 0 saturated carbocycles. The summed E-state index contributed by atoms with van der Waals surface area (Å²) in [5, 5.41) is 0. The standard InChI is InChI=1S/C19H17N5O2S/c1-2-24-19-17(18(20)23-27(24,25)26)21-15(13-9-5-3-6-10-13)16(22-19)14-11-7-4-8-12-14/h3-12H,2H2,1H3,(H2,20,23). The van der Waals surface area contributed by atoms with E-state index in [1.165, 1.54) is 0 Å². The van der Waals surface area contributed by atoms with E-state index in [1.807, 2.05) is 60.7 Å². The van der Waals surface area contributed by atoms with Crippen molar-refractivity contribution in [3.63, 3.8) is 0 Å². The quantitative estimate of drug-likeness (QED) is 0.754. The Kier molecular flexibility index (Phi) is 4.12. The van der Waals surface area contributed by atoms with Gasteiger partial charge in [-0.05, 0) is 6.92 Å². The van der Waals surface area contributed by atoms with E-state index in [2.05, 4.69) is 14.4 Å². The molecule has 1 aliphatic rings. The van der Waals surface area contributed by atoms with Crippen molar-refractivity contribution in [3.8, 4) is 22.5 Å². The van der Waals surface area contributed by atoms with Crippen LogP contribution in [0.25, 0.3) is 22.5 Å². The predicted molar refractivity (Wildman–Crippen MR) is 106 cm³/mol. The van der Waals surface area contributed by atoms with E-state index in [1.54, 1.807) is 6.92 Å². The molecule has 8 heteroatoms. The minimum absolute atomic E-state index is 0.154. The number of hydrogen-bond donors (Lipinski definition) is 1. The van der Waals surface area contributed by atoms with E-state index in [0.29, 0.717) is 11.4 Å². The largest absolute Gasteiger partial charge is 0.381 e. The van der Waals surface area contributed by atoms with E-state index in [-0.39, 0.29) is 23.9 Å². The lowest BCUT2D eigenvalue weighted by Crippen LogP contribution is -2.38. The molecule has 0 unspecified atom stereocenters. The summed E-state index contributed by atoms with van der Waals surface area (Å²) >= 11 is 0. The molecule has 27 heavy (non-hydrogen) atoms. The number of nitrogens with zero attached hydrogens (tertiary/aromatic N) is 4. The minimum Gasteiger partial charge on any atom is -0.381 e. The number of anilines is 1. The number of benzene rings is 2. The molecule has 136 valence electrons. The summed E-state index contributed by atoms with van der Waals surface area (Å²) in [6.07, 6.45) is 0. The van der Waals surface area contributed by atoms with Crippen molar-refractivity contribution in [2.75, 3.05) is 10.8 Å². The zero-order valence-electron chi connectivity index (χ0n) is 14.6. The Hall–Kier alpha value is -3.26. The molecule has 0 spiro atoms. The maximum Gasteiger partial charge on any atom is 0.347 e. The number of nitrogens with two attached hydrogens (primary N) is 1. The highest BCUT2D eigenvalue weighted by atomic mass is 32.2. The topological polar surface area (TPSA) is 102 Å². The first-order valence-corrected chi connectivity index (χ1v) is 9.82. The molecule has 4 rings (SSSR count). The lowest BCUT2D eigenvalue weighted by Gasteiger charge is -2.26. The molecule has 0 fully saturated rings. The van der Waals surface area contributed by atoms with Crippen LogP contribution < -0.4 is 10.0 Å². The number of rotatable bonds is 3. The number of fused-ring (bicyclic) bond motifs is 1. The van der Waals surface area contributed by atoms with Crippen molar-refractivity contribution in [1.29, 1.82) is 0 Å². The molecule has 0 amide bonds. The van der Waals surface area contributed by atoms with Gasteiger partial charge in [0.05, 0.1) is 11.4 Å². The maximum atomic E-state index is 12.4. The smallest absolute Gasteiger partial charge is 0.347 e. The van der Waals surface area contributed by atoms with Gasteiger partial charge in [0.15, 0.2) is 17.3 Å². The van der Waals surface area contributed by atoms with Gasteiger partial charge in [0.25, 0.3) is 0 Å². The molecule has 0 bridgehead atoms. The van der Waals surface area contributed by atoms with Gasteiger partial charge in [0, 0.05) is 17.7 Å². The third-order valence-electron chi connectivity index (χ3n) is 4.23. The number of amidine groups is 1. The highest BCUT2D eigenvalue weighted by Gasteiger charge is 2.33. The fraction of sp³-hybridized carbons (Fsp3) is 0.105. The van der Waals surface area contributed by atoms with Crippen molar-refractivity contribution in [1.82, 2.24) is 9.97 Å². The molecule has 1 aliphatic heterocycles. The Morgan fingerprint density at radius 2 is 1.37 bits per heavy atom. The second kappa shape index (κ2) is 6.48. The Morgan fingerprint density at radius 1 is 0.852 bits per heavy atom. The fourth-order valence-electron chi connectivity index (χ4n) is 3.01. The molecule has 2 N–H and O–H groups in total. The summed E-state index contributed by atoms with van der Waals surface area (Å²) in [4.78, 5) is 9.36. The first-order chi connectivity index (χ1) is 13.0. The van der Waals surface area contributed by atoms with Gasteiger partial charge in [-0.2, -0.15) is 8.42 Å². The Balaban J connectivity index is 2.05. The molecule has 1 aromatic heterocycles. The molecule has 0 radical (unpaired) electrons. The summed E-state index contributed by atoms with van der Waals surface area (Å²) in [5.41, 5.74) is 9.08. The van der Waals surface area contributed by atoms with Gasteiger partial charge in [-0.15, -0.1) is 4.40 Å². The second-order valence-corrected chi connectivity index (χ2v) is 7.46. The van der Waals surface area contributed by atoms with Gasteiger partial charge in [-0.1, -0.05) is 60.7 Å². The van der Waals surface area contributed by atoms with Gasteiger partial charge in [0.1, 0.15) is 0 Å². The molecule has 0 atom stereocenters. The molecular formula is C19H17N5O2S. The molecule has 0 saturated heterocycles. The van der Waals surface area contributed by atoms with Crippen LogP contribution in [0.1, 0.15) is 12.6 Å². The van der Waals surface area contributed by atoms with Crippen LogP contribution in [0.2, 0.25) is 0 Å². The second-order valence-electron chi connectivity index (χ2n) is 5.94. The molecule has 2 heterocycles. The summed E-state index contributed by atoms with van der Waals surface area (Å²) in [6.45, 7) is 1.90. The third kappa shape index (κ3) is 2.93. The van der Waals surface area contributed by atoms with Crippen molar-refractivity contribution < 1.29 is 8.42 Å². The zero-order chi connectivity index (χ0) is 19.0. The van der Waals surface area contributed by atoms with Gasteiger partial charge in [-0.3, -0.25) is 0 Å². The number of aromatic nitrogens is 2. The van der Waals surface area contributed by atoms with Crippen LogP contribution in [0.15, 0.2) is 65.1 Å². The van der Waals surface area contributed by atoms with Gasteiger partial charge in [0.2, 0.25) is 0 Å². The molecular weight excluding hydrogens is 362 g/mol. The Morgan fingerprint density at radius 3 is 1.89 bits per heavy atom. The van der Waals surface area contributed by atoms with Crippen LogP contribution in [-0.2, 0) is 10.2 Å². The highest BCUT2D eigenvalue weighted by molar-refractivity contribution is 7.91. The number of hydrogen-bond acceptors (Lipinski definition) is 5. The monoisotopic (exact) mass is 379 g/mol. The fourth-order valence-corrected chi connectivity index (χ4v) is 4.11. The highest BCUT2D eigenvalue weighted by Crippen LogP contribution is 2.34. The van der Waals surface area contributed by atoms with E-state index >= 15 is 0 Å². The summed E-state index contributed by atoms with van der Waals surface area (Å²) < 4.78 is 29.5. The van der Waals surface area contributed by atoms with Crippen molar-refractivity contribution in [2.24, 2.45) is 10.1 Å². The average Bonchev–Trinajstić information content (AvgIpc) is 2.68. The van der Waals surface area contributed by atoms with Gasteiger partial charge >= 0.3 is 10.2 Å². The minimum atomic E-state index is -3.92. The SMILES string of the molecule is CCN1c2nc(-c3ccccc3)c(-c3ccccc3)nc2C(N)=NS1(=O)=O. The maximum absolute atomic E-state index is 12.4. The molecule has 7 nitrogen and oxygen atoms in total. The average molecular weight is 379 g/mol. The van der Waals surface area contributed by atoms with Gasteiger partial charge in [-0.25, -0.2) is 14.3 Å². The summed E-state index contributed by atoms with van der Waals surface area (Å²) in [6, 6.07) is 19.1. The summed E-state index contributed by atoms with van der Waals surface area (Å²) in [5.74, 6) is 0.0440. The van der Waals surface area contributed by atoms with E-state index in [0.717, 1.165) is 15.4 Å². The van der Waals surface area contributed by atoms with Crippen LogP contribution in [0.3, 0.4) is 0 Å². The van der Waals surface area contributed by atoms with Crippen LogP contribution in [0.5, 0.6) is 0 Å². The van der Waals surface area contributed by atoms with Crippen LogP contribution in [-0.4, -0.2) is 30.8 Å². The molecule has 3 aromatic rings. The lowest BCUT2D eigenvalue weighted by atomic mass is 10.0. The van der Waals surface area contributed by atoms with E-state index in [9.17, 15) is 8.42 Å². The molecule has 2 aromatic carbocycles. The van der Waals surface area contributed by atoms with Gasteiger partial charge < -0.3 is 5.73 Å². The predicted octanol–water partition coefficient (Wildman–Crippen LogP) is 2.60. The van der Waals surface area contributed by atoms with Crippen LogP contribution in [0, 0.1) is 0 Å². The Bertz CT molecular complexity index is 1130. The first-order valence-electron chi connectivity index (χ1n) is 8.42. The van der Waals surface area contributed by atoms with Crippen LogP contribution >= 0.6 is 0 Å². The van der Waals surface area contributed by atoms with Crippen molar-refractivity contribution in [2.45, 2.75) is 6.92 Å². The third-order valence-corrected chi connectivity index (χ3v) is 5.65. The van der Waals surface area contributed by atoms with Crippen molar-refractivity contribution in [3.05, 3.63) is 66.4 Å². The normalized spacial score (nSPS) is 15.1. The van der Waals surface area contributed by atoms with Crippen molar-refractivity contribution >= 4 is 21.9 Å². The Labute approximate surface area is 157 Å².